The normalized spacial score (nSPS) is 19.2. The SMILES string of the molecule is Cc1ccc(S(=O)(=O)OC2CC(OS(=O)(=O)c3ccc(C)cc3)N(S(=O)(=O)c3ccc(C)cc3)C2)cc1. The molecule has 37 heavy (non-hydrogen) atoms. The molecule has 1 aliphatic heterocycles. The summed E-state index contributed by atoms with van der Waals surface area (Å²) in [6.45, 7) is 4.97. The zero-order valence-corrected chi connectivity index (χ0v) is 22.9. The summed E-state index contributed by atoms with van der Waals surface area (Å²) in [5.41, 5.74) is 2.52. The molecule has 12 heteroatoms. The van der Waals surface area contributed by atoms with Gasteiger partial charge in [0.1, 0.15) is 6.23 Å². The summed E-state index contributed by atoms with van der Waals surface area (Å²) in [6.07, 6.45) is -3.01. The fourth-order valence-electron chi connectivity index (χ4n) is 3.84. The molecule has 0 saturated carbocycles. The first-order chi connectivity index (χ1) is 17.3. The highest BCUT2D eigenvalue weighted by atomic mass is 32.2. The van der Waals surface area contributed by atoms with E-state index < -0.39 is 49.1 Å². The molecule has 9 nitrogen and oxygen atoms in total. The van der Waals surface area contributed by atoms with Crippen molar-refractivity contribution < 1.29 is 33.6 Å². The Morgan fingerprint density at radius 3 is 1.41 bits per heavy atom. The van der Waals surface area contributed by atoms with Gasteiger partial charge in [0.2, 0.25) is 10.0 Å². The van der Waals surface area contributed by atoms with Gasteiger partial charge in [-0.15, -0.1) is 0 Å². The molecule has 1 saturated heterocycles. The maximum Gasteiger partial charge on any atom is 0.298 e. The minimum absolute atomic E-state index is 0.0820. The molecular formula is C25H27NO8S3. The Morgan fingerprint density at radius 2 is 0.973 bits per heavy atom. The van der Waals surface area contributed by atoms with Crippen molar-refractivity contribution in [2.45, 2.75) is 54.2 Å². The Morgan fingerprint density at radius 1 is 0.595 bits per heavy atom. The molecule has 1 heterocycles. The van der Waals surface area contributed by atoms with Crippen molar-refractivity contribution in [3.63, 3.8) is 0 Å². The first-order valence-corrected chi connectivity index (χ1v) is 15.6. The molecule has 0 amide bonds. The molecule has 0 bridgehead atoms. The molecule has 1 aliphatic rings. The van der Waals surface area contributed by atoms with E-state index in [0.717, 1.165) is 21.0 Å². The average molecular weight is 566 g/mol. The number of sulfonamides is 1. The summed E-state index contributed by atoms with van der Waals surface area (Å²) in [4.78, 5) is -0.327. The van der Waals surface area contributed by atoms with Crippen molar-refractivity contribution in [1.29, 1.82) is 0 Å². The first kappa shape index (κ1) is 27.4. The lowest BCUT2D eigenvalue weighted by Crippen LogP contribution is -2.38. The van der Waals surface area contributed by atoms with Gasteiger partial charge in [-0.25, -0.2) is 12.6 Å². The quantitative estimate of drug-likeness (QED) is 0.380. The Bertz CT molecular complexity index is 1580. The van der Waals surface area contributed by atoms with E-state index in [9.17, 15) is 25.3 Å². The molecule has 0 radical (unpaired) electrons. The molecule has 3 aromatic rings. The van der Waals surface area contributed by atoms with Gasteiger partial charge >= 0.3 is 0 Å². The van der Waals surface area contributed by atoms with Crippen molar-refractivity contribution in [3.8, 4) is 0 Å². The van der Waals surface area contributed by atoms with E-state index in [1.54, 1.807) is 57.2 Å². The maximum absolute atomic E-state index is 13.5. The molecule has 2 atom stereocenters. The summed E-state index contributed by atoms with van der Waals surface area (Å²) in [5.74, 6) is 0. The van der Waals surface area contributed by atoms with Crippen LogP contribution in [-0.2, 0) is 38.6 Å². The van der Waals surface area contributed by atoms with Gasteiger partial charge in [-0.1, -0.05) is 53.1 Å². The maximum atomic E-state index is 13.5. The van der Waals surface area contributed by atoms with Crippen LogP contribution in [0.4, 0.5) is 0 Å². The third-order valence-electron chi connectivity index (χ3n) is 5.92. The lowest BCUT2D eigenvalue weighted by molar-refractivity contribution is 0.124. The van der Waals surface area contributed by atoms with Crippen LogP contribution in [-0.4, -0.2) is 48.4 Å². The van der Waals surface area contributed by atoms with Crippen molar-refractivity contribution in [3.05, 3.63) is 89.5 Å². The van der Waals surface area contributed by atoms with E-state index >= 15 is 0 Å². The summed E-state index contributed by atoms with van der Waals surface area (Å²) < 4.78 is 90.3. The van der Waals surface area contributed by atoms with Gasteiger partial charge in [-0.2, -0.15) is 21.1 Å². The first-order valence-electron chi connectivity index (χ1n) is 11.4. The smallest absolute Gasteiger partial charge is 0.261 e. The van der Waals surface area contributed by atoms with E-state index in [-0.39, 0.29) is 21.1 Å². The number of rotatable bonds is 8. The zero-order valence-electron chi connectivity index (χ0n) is 20.4. The van der Waals surface area contributed by atoms with E-state index in [2.05, 4.69) is 0 Å². The highest BCUT2D eigenvalue weighted by Crippen LogP contribution is 2.32. The molecule has 3 aromatic carbocycles. The third-order valence-corrected chi connectivity index (χ3v) is 10.5. The Balaban J connectivity index is 1.66. The monoisotopic (exact) mass is 565 g/mol. The van der Waals surface area contributed by atoms with Crippen molar-refractivity contribution >= 4 is 30.3 Å². The Labute approximate surface area is 218 Å². The fraction of sp³-hybridized carbons (Fsp3) is 0.280. The van der Waals surface area contributed by atoms with Crippen molar-refractivity contribution in [2.24, 2.45) is 0 Å². The van der Waals surface area contributed by atoms with Crippen LogP contribution in [0, 0.1) is 20.8 Å². The summed E-state index contributed by atoms with van der Waals surface area (Å²) >= 11 is 0. The van der Waals surface area contributed by atoms with Crippen molar-refractivity contribution in [2.75, 3.05) is 6.54 Å². The Kier molecular flexibility index (Phi) is 7.62. The summed E-state index contributed by atoms with van der Waals surface area (Å²) in [6, 6.07) is 17.9. The average Bonchev–Trinajstić information content (AvgIpc) is 3.21. The van der Waals surface area contributed by atoms with Gasteiger partial charge in [-0.3, -0.25) is 4.18 Å². The van der Waals surface area contributed by atoms with Crippen molar-refractivity contribution in [1.82, 2.24) is 4.31 Å². The van der Waals surface area contributed by atoms with Crippen LogP contribution in [0.3, 0.4) is 0 Å². The summed E-state index contributed by atoms with van der Waals surface area (Å²) in [5, 5.41) is 0. The van der Waals surface area contributed by atoms with Crippen LogP contribution in [0.1, 0.15) is 23.1 Å². The minimum atomic E-state index is -4.38. The molecule has 1 fully saturated rings. The van der Waals surface area contributed by atoms with Gasteiger partial charge in [0, 0.05) is 13.0 Å². The standard InChI is InChI=1S/C25H27NO8S3/c1-18-4-10-22(11-5-18)35(27,28)26-17-21(33-36(29,30)23-12-6-19(2)7-13-23)16-25(26)34-37(31,32)24-14-8-20(3)9-15-24/h4-15,21,25H,16-17H2,1-3H3. The second-order valence-electron chi connectivity index (χ2n) is 8.93. The Hall–Kier alpha value is -2.61. The fourth-order valence-corrected chi connectivity index (χ4v) is 7.58. The highest BCUT2D eigenvalue weighted by molar-refractivity contribution is 7.89. The number of aryl methyl sites for hydroxylation is 3. The predicted octanol–water partition coefficient (Wildman–Crippen LogP) is 3.51. The minimum Gasteiger partial charge on any atom is -0.261 e. The van der Waals surface area contributed by atoms with Crippen LogP contribution >= 0.6 is 0 Å². The van der Waals surface area contributed by atoms with Crippen LogP contribution < -0.4 is 0 Å². The van der Waals surface area contributed by atoms with E-state index in [1.807, 2.05) is 0 Å². The molecule has 0 N–H and O–H groups in total. The topological polar surface area (TPSA) is 124 Å². The van der Waals surface area contributed by atoms with Gasteiger partial charge in [0.05, 0.1) is 20.8 Å². The predicted molar refractivity (Wildman–Crippen MR) is 136 cm³/mol. The second-order valence-corrected chi connectivity index (χ2v) is 14.0. The van der Waals surface area contributed by atoms with Gasteiger partial charge < -0.3 is 0 Å². The molecule has 4 rings (SSSR count). The number of nitrogens with zero attached hydrogens (tertiary/aromatic N) is 1. The third kappa shape index (κ3) is 6.11. The van der Waals surface area contributed by atoms with Crippen LogP contribution in [0.2, 0.25) is 0 Å². The van der Waals surface area contributed by atoms with Gasteiger partial charge in [0.25, 0.3) is 20.2 Å². The van der Waals surface area contributed by atoms with Crippen LogP contribution in [0.5, 0.6) is 0 Å². The molecule has 0 spiro atoms. The molecular weight excluding hydrogens is 538 g/mol. The van der Waals surface area contributed by atoms with Crippen LogP contribution in [0.15, 0.2) is 87.5 Å². The molecule has 198 valence electrons. The summed E-state index contributed by atoms with van der Waals surface area (Å²) in [7, 11) is -12.9. The van der Waals surface area contributed by atoms with Gasteiger partial charge in [0.15, 0.2) is 0 Å². The molecule has 0 aliphatic carbocycles. The molecule has 2 unspecified atom stereocenters. The lowest BCUT2D eigenvalue weighted by atomic mass is 10.2. The number of hydrogen-bond acceptors (Lipinski definition) is 8. The number of benzene rings is 3. The largest absolute Gasteiger partial charge is 0.298 e. The van der Waals surface area contributed by atoms with Crippen LogP contribution in [0.25, 0.3) is 0 Å². The van der Waals surface area contributed by atoms with E-state index in [1.165, 1.54) is 36.4 Å². The highest BCUT2D eigenvalue weighted by Gasteiger charge is 2.45. The lowest BCUT2D eigenvalue weighted by Gasteiger charge is -2.23. The van der Waals surface area contributed by atoms with E-state index in [4.69, 9.17) is 8.37 Å². The van der Waals surface area contributed by atoms with Gasteiger partial charge in [-0.05, 0) is 57.2 Å². The van der Waals surface area contributed by atoms with E-state index in [0.29, 0.717) is 0 Å². The molecule has 0 aromatic heterocycles. The number of hydrogen-bond donors (Lipinski definition) is 0. The second kappa shape index (κ2) is 10.3. The zero-order chi connectivity index (χ0) is 27.0.